The van der Waals surface area contributed by atoms with Crippen LogP contribution in [0, 0.1) is 11.7 Å². The van der Waals surface area contributed by atoms with E-state index in [1.807, 2.05) is 6.92 Å². The second-order valence-corrected chi connectivity index (χ2v) is 4.85. The van der Waals surface area contributed by atoms with E-state index in [-0.39, 0.29) is 17.3 Å². The van der Waals surface area contributed by atoms with Gasteiger partial charge in [-0.25, -0.2) is 9.18 Å². The summed E-state index contributed by atoms with van der Waals surface area (Å²) in [5.41, 5.74) is 0.0490. The lowest BCUT2D eigenvalue weighted by atomic mass is 9.92. The lowest BCUT2D eigenvalue weighted by Crippen LogP contribution is -2.31. The molecule has 0 spiro atoms. The summed E-state index contributed by atoms with van der Waals surface area (Å²) < 4.78 is 19.1. The number of benzene rings is 1. The van der Waals surface area contributed by atoms with Crippen LogP contribution in [0.5, 0.6) is 0 Å². The average Bonchev–Trinajstić information content (AvgIpc) is 2.41. The largest absolute Gasteiger partial charge is 0.478 e. The van der Waals surface area contributed by atoms with Gasteiger partial charge >= 0.3 is 5.97 Å². The number of halogens is 1. The van der Waals surface area contributed by atoms with Crippen molar-refractivity contribution < 1.29 is 19.0 Å². The fourth-order valence-electron chi connectivity index (χ4n) is 2.41. The van der Waals surface area contributed by atoms with E-state index < -0.39 is 11.8 Å². The van der Waals surface area contributed by atoms with E-state index in [1.54, 1.807) is 0 Å². The van der Waals surface area contributed by atoms with Crippen molar-refractivity contribution in [2.75, 3.05) is 18.5 Å². The van der Waals surface area contributed by atoms with Gasteiger partial charge in [-0.2, -0.15) is 0 Å². The fraction of sp³-hybridized carbons (Fsp3) is 0.500. The summed E-state index contributed by atoms with van der Waals surface area (Å²) in [4.78, 5) is 11.1. The SMILES string of the molecule is CC(Nc1c(F)cccc1C(=O)O)C1CCOCC1. The van der Waals surface area contributed by atoms with Crippen molar-refractivity contribution in [2.24, 2.45) is 5.92 Å². The van der Waals surface area contributed by atoms with Gasteiger partial charge in [0.2, 0.25) is 0 Å². The molecule has 104 valence electrons. The zero-order valence-corrected chi connectivity index (χ0v) is 10.9. The van der Waals surface area contributed by atoms with Gasteiger partial charge in [0.15, 0.2) is 0 Å². The zero-order chi connectivity index (χ0) is 13.8. The summed E-state index contributed by atoms with van der Waals surface area (Å²) in [6.07, 6.45) is 1.82. The van der Waals surface area contributed by atoms with Crippen molar-refractivity contribution in [3.05, 3.63) is 29.6 Å². The summed E-state index contributed by atoms with van der Waals surface area (Å²) in [5, 5.41) is 12.1. The van der Waals surface area contributed by atoms with Crippen molar-refractivity contribution in [1.29, 1.82) is 0 Å². The lowest BCUT2D eigenvalue weighted by Gasteiger charge is -2.29. The molecule has 0 aliphatic carbocycles. The summed E-state index contributed by atoms with van der Waals surface area (Å²) in [5.74, 6) is -1.28. The van der Waals surface area contributed by atoms with Gasteiger partial charge in [-0.05, 0) is 37.8 Å². The topological polar surface area (TPSA) is 58.6 Å². The number of carbonyl (C=O) groups is 1. The molecule has 1 atom stereocenters. The molecule has 1 aliphatic rings. The number of anilines is 1. The number of nitrogens with one attached hydrogen (secondary N) is 1. The monoisotopic (exact) mass is 267 g/mol. The van der Waals surface area contributed by atoms with E-state index in [0.29, 0.717) is 19.1 Å². The maximum Gasteiger partial charge on any atom is 0.337 e. The van der Waals surface area contributed by atoms with E-state index in [9.17, 15) is 9.18 Å². The first-order valence-electron chi connectivity index (χ1n) is 6.45. The first-order chi connectivity index (χ1) is 9.09. The molecule has 0 radical (unpaired) electrons. The van der Waals surface area contributed by atoms with Gasteiger partial charge in [0, 0.05) is 19.3 Å². The first kappa shape index (κ1) is 13.8. The number of hydrogen-bond acceptors (Lipinski definition) is 3. The van der Waals surface area contributed by atoms with E-state index in [2.05, 4.69) is 5.32 Å². The number of carboxylic acids is 1. The molecule has 1 saturated heterocycles. The predicted octanol–water partition coefficient (Wildman–Crippen LogP) is 2.75. The minimum absolute atomic E-state index is 0.0129. The highest BCUT2D eigenvalue weighted by molar-refractivity contribution is 5.94. The van der Waals surface area contributed by atoms with Gasteiger partial charge in [0.05, 0.1) is 11.3 Å². The number of hydrogen-bond donors (Lipinski definition) is 2. The molecule has 19 heavy (non-hydrogen) atoms. The minimum atomic E-state index is -1.12. The molecule has 4 nitrogen and oxygen atoms in total. The molecule has 0 bridgehead atoms. The molecule has 0 amide bonds. The zero-order valence-electron chi connectivity index (χ0n) is 10.9. The molecule has 5 heteroatoms. The summed E-state index contributed by atoms with van der Waals surface area (Å²) in [6.45, 7) is 3.37. The molecule has 0 saturated carbocycles. The maximum absolute atomic E-state index is 13.8. The summed E-state index contributed by atoms with van der Waals surface area (Å²) in [6, 6.07) is 4.10. The number of rotatable bonds is 4. The van der Waals surface area contributed by atoms with E-state index >= 15 is 0 Å². The second kappa shape index (κ2) is 6.02. The van der Waals surface area contributed by atoms with Crippen LogP contribution in [0.3, 0.4) is 0 Å². The van der Waals surface area contributed by atoms with Gasteiger partial charge in [0.1, 0.15) is 5.82 Å². The normalized spacial score (nSPS) is 18.0. The Morgan fingerprint density at radius 3 is 2.79 bits per heavy atom. The van der Waals surface area contributed by atoms with Crippen molar-refractivity contribution in [1.82, 2.24) is 0 Å². The molecule has 1 aliphatic heterocycles. The third kappa shape index (κ3) is 3.23. The molecule has 1 aromatic rings. The molecular formula is C14H18FNO3. The van der Waals surface area contributed by atoms with Crippen LogP contribution in [0.2, 0.25) is 0 Å². The molecular weight excluding hydrogens is 249 g/mol. The quantitative estimate of drug-likeness (QED) is 0.880. The Kier molecular flexibility index (Phi) is 4.37. The molecule has 0 aromatic heterocycles. The van der Waals surface area contributed by atoms with Crippen LogP contribution in [0.1, 0.15) is 30.1 Å². The standard InChI is InChI=1S/C14H18FNO3/c1-9(10-5-7-19-8-6-10)16-13-11(14(17)18)3-2-4-12(13)15/h2-4,9-10,16H,5-8H2,1H3,(H,17,18). The van der Waals surface area contributed by atoms with Crippen molar-refractivity contribution in [3.8, 4) is 0 Å². The van der Waals surface area contributed by atoms with Crippen LogP contribution < -0.4 is 5.32 Å². The van der Waals surface area contributed by atoms with E-state index in [0.717, 1.165) is 12.8 Å². The number of carboxylic acid groups (broad SMARTS) is 1. The highest BCUT2D eigenvalue weighted by Crippen LogP contribution is 2.25. The smallest absolute Gasteiger partial charge is 0.337 e. The van der Waals surface area contributed by atoms with Gasteiger partial charge in [-0.3, -0.25) is 0 Å². The maximum atomic E-state index is 13.8. The van der Waals surface area contributed by atoms with Gasteiger partial charge in [-0.1, -0.05) is 6.07 Å². The van der Waals surface area contributed by atoms with Gasteiger partial charge in [-0.15, -0.1) is 0 Å². The molecule has 2 N–H and O–H groups in total. The van der Waals surface area contributed by atoms with Gasteiger partial charge < -0.3 is 15.2 Å². The Labute approximate surface area is 111 Å². The number of ether oxygens (including phenoxy) is 1. The Morgan fingerprint density at radius 1 is 1.47 bits per heavy atom. The van der Waals surface area contributed by atoms with E-state index in [1.165, 1.54) is 18.2 Å². The van der Waals surface area contributed by atoms with Crippen LogP contribution in [0.4, 0.5) is 10.1 Å². The molecule has 1 fully saturated rings. The van der Waals surface area contributed by atoms with E-state index in [4.69, 9.17) is 9.84 Å². The molecule has 1 unspecified atom stereocenters. The Hall–Kier alpha value is -1.62. The Bertz CT molecular complexity index is 458. The van der Waals surface area contributed by atoms with Crippen LogP contribution in [-0.4, -0.2) is 30.3 Å². The lowest BCUT2D eigenvalue weighted by molar-refractivity contribution is 0.0620. The number of aromatic carboxylic acids is 1. The highest BCUT2D eigenvalue weighted by Gasteiger charge is 2.23. The number of para-hydroxylation sites is 1. The molecule has 2 rings (SSSR count). The van der Waals surface area contributed by atoms with Gasteiger partial charge in [0.25, 0.3) is 0 Å². The average molecular weight is 267 g/mol. The third-order valence-electron chi connectivity index (χ3n) is 3.59. The second-order valence-electron chi connectivity index (χ2n) is 4.85. The van der Waals surface area contributed by atoms with Crippen LogP contribution >= 0.6 is 0 Å². The van der Waals surface area contributed by atoms with Crippen molar-refractivity contribution >= 4 is 11.7 Å². The third-order valence-corrected chi connectivity index (χ3v) is 3.59. The summed E-state index contributed by atoms with van der Waals surface area (Å²) in [7, 11) is 0. The van der Waals surface area contributed by atoms with Crippen molar-refractivity contribution in [3.63, 3.8) is 0 Å². The van der Waals surface area contributed by atoms with Crippen LogP contribution in [-0.2, 0) is 4.74 Å². The Balaban J connectivity index is 2.15. The van der Waals surface area contributed by atoms with Crippen LogP contribution in [0.15, 0.2) is 18.2 Å². The minimum Gasteiger partial charge on any atom is -0.478 e. The Morgan fingerprint density at radius 2 is 2.16 bits per heavy atom. The van der Waals surface area contributed by atoms with Crippen LogP contribution in [0.25, 0.3) is 0 Å². The summed E-state index contributed by atoms with van der Waals surface area (Å²) >= 11 is 0. The molecule has 1 aromatic carbocycles. The predicted molar refractivity (Wildman–Crippen MR) is 70.0 cm³/mol. The van der Waals surface area contributed by atoms with Crippen molar-refractivity contribution in [2.45, 2.75) is 25.8 Å². The molecule has 1 heterocycles. The fourth-order valence-corrected chi connectivity index (χ4v) is 2.41. The first-order valence-corrected chi connectivity index (χ1v) is 6.45. The highest BCUT2D eigenvalue weighted by atomic mass is 19.1.